The number of hydrogen-bond donors (Lipinski definition) is 4. The molecule has 2 aliphatic heterocycles. The van der Waals surface area contributed by atoms with Crippen LogP contribution in [0.4, 0.5) is 0 Å². The van der Waals surface area contributed by atoms with E-state index in [0.717, 1.165) is 12.8 Å². The highest BCUT2D eigenvalue weighted by molar-refractivity contribution is 5.76. The van der Waals surface area contributed by atoms with Crippen molar-refractivity contribution in [1.29, 1.82) is 0 Å². The molecule has 18 heavy (non-hydrogen) atoms. The van der Waals surface area contributed by atoms with Gasteiger partial charge in [0.1, 0.15) is 24.9 Å². The molecule has 2 fully saturated rings. The molecule has 0 radical (unpaired) electrons. The van der Waals surface area contributed by atoms with E-state index in [1.165, 1.54) is 4.90 Å². The summed E-state index contributed by atoms with van der Waals surface area (Å²) in [6.45, 7) is 2.75. The van der Waals surface area contributed by atoms with Crippen LogP contribution in [0, 0.1) is 0 Å². The molecule has 2 rings (SSSR count). The summed E-state index contributed by atoms with van der Waals surface area (Å²) in [5.41, 5.74) is 0. The van der Waals surface area contributed by atoms with Gasteiger partial charge in [0.15, 0.2) is 6.23 Å². The molecule has 7 heteroatoms. The molecule has 5 atom stereocenters. The van der Waals surface area contributed by atoms with Gasteiger partial charge < -0.3 is 25.2 Å². The number of aliphatic hydroxyl groups is 4. The van der Waals surface area contributed by atoms with E-state index in [2.05, 4.69) is 4.99 Å². The van der Waals surface area contributed by atoms with Crippen LogP contribution in [0.2, 0.25) is 0 Å². The average molecular weight is 260 g/mol. The summed E-state index contributed by atoms with van der Waals surface area (Å²) in [7, 11) is 0. The van der Waals surface area contributed by atoms with Crippen LogP contribution >= 0.6 is 0 Å². The zero-order chi connectivity index (χ0) is 13.3. The highest BCUT2D eigenvalue weighted by Gasteiger charge is 2.52. The zero-order valence-corrected chi connectivity index (χ0v) is 10.3. The summed E-state index contributed by atoms with van der Waals surface area (Å²) < 4.78 is 5.32. The van der Waals surface area contributed by atoms with Crippen molar-refractivity contribution in [3.8, 4) is 0 Å². The van der Waals surface area contributed by atoms with Crippen LogP contribution in [0.25, 0.3) is 0 Å². The first kappa shape index (κ1) is 13.5. The van der Waals surface area contributed by atoms with E-state index < -0.39 is 30.6 Å². The van der Waals surface area contributed by atoms with E-state index in [9.17, 15) is 20.4 Å². The molecule has 7 nitrogen and oxygen atoms in total. The maximum atomic E-state index is 9.91. The fourth-order valence-corrected chi connectivity index (χ4v) is 2.26. The highest BCUT2D eigenvalue weighted by atomic mass is 16.5. The number of nitrogens with zero attached hydrogens (tertiary/aromatic N) is 2. The number of hydrogen-bond acceptors (Lipinski definition) is 6. The van der Waals surface area contributed by atoms with Crippen LogP contribution in [-0.2, 0) is 4.74 Å². The van der Waals surface area contributed by atoms with Gasteiger partial charge in [-0.3, -0.25) is 4.90 Å². The Bertz CT molecular complexity index is 325. The third kappa shape index (κ3) is 2.18. The lowest BCUT2D eigenvalue weighted by Crippen LogP contribution is -2.65. The van der Waals surface area contributed by atoms with Gasteiger partial charge in [-0.2, -0.15) is 0 Å². The molecule has 2 aliphatic rings. The Hall–Kier alpha value is -0.890. The van der Waals surface area contributed by atoms with Gasteiger partial charge in [0.25, 0.3) is 6.02 Å². The number of fused-ring (bicyclic) bond motifs is 1. The van der Waals surface area contributed by atoms with Gasteiger partial charge in [-0.1, -0.05) is 13.3 Å². The standard InChI is InChI=1S/C11H20N2O5/c1-2-3-4-12-11-13-6(5-18-11)7(14)8(15)9(16)10(13)17/h6-10,14-17H,2-5H2,1H3. The molecule has 2 heterocycles. The Morgan fingerprint density at radius 1 is 1.22 bits per heavy atom. The van der Waals surface area contributed by atoms with E-state index in [0.29, 0.717) is 6.54 Å². The predicted molar refractivity (Wildman–Crippen MR) is 62.8 cm³/mol. The molecule has 2 saturated heterocycles. The van der Waals surface area contributed by atoms with Gasteiger partial charge in [-0.15, -0.1) is 0 Å². The largest absolute Gasteiger partial charge is 0.463 e. The van der Waals surface area contributed by atoms with Crippen LogP contribution in [0.5, 0.6) is 0 Å². The number of aliphatic imine (C=N–C) groups is 1. The molecule has 0 bridgehead atoms. The summed E-state index contributed by atoms with van der Waals surface area (Å²) in [6, 6.07) is -0.343. The molecule has 0 aromatic rings. The second-order valence-corrected chi connectivity index (χ2v) is 4.69. The second kappa shape index (κ2) is 5.40. The fraction of sp³-hybridized carbons (Fsp3) is 0.909. The van der Waals surface area contributed by atoms with Crippen molar-refractivity contribution < 1.29 is 25.2 Å². The van der Waals surface area contributed by atoms with Crippen LogP contribution in [0.1, 0.15) is 19.8 Å². The molecule has 4 N–H and O–H groups in total. The summed E-state index contributed by atoms with van der Waals surface area (Å²) >= 11 is 0. The Kier molecular flexibility index (Phi) is 4.06. The van der Waals surface area contributed by atoms with E-state index >= 15 is 0 Å². The number of ether oxygens (including phenoxy) is 1. The second-order valence-electron chi connectivity index (χ2n) is 4.69. The Labute approximate surface area is 105 Å². The first-order chi connectivity index (χ1) is 8.57. The lowest BCUT2D eigenvalue weighted by Gasteiger charge is -2.42. The molecule has 104 valence electrons. The lowest BCUT2D eigenvalue weighted by atomic mass is 9.94. The van der Waals surface area contributed by atoms with Crippen LogP contribution in [-0.4, -0.2) is 75.1 Å². The van der Waals surface area contributed by atoms with E-state index in [1.54, 1.807) is 0 Å². The summed E-state index contributed by atoms with van der Waals surface area (Å²) in [5.74, 6) is 0. The smallest absolute Gasteiger partial charge is 0.290 e. The van der Waals surface area contributed by atoms with Gasteiger partial charge in [0, 0.05) is 6.54 Å². The number of amidine groups is 1. The van der Waals surface area contributed by atoms with Gasteiger partial charge in [0.05, 0.1) is 6.04 Å². The van der Waals surface area contributed by atoms with E-state index in [1.807, 2.05) is 6.92 Å². The SMILES string of the molecule is CCCCN=C1OCC2C(O)C(O)C(O)C(O)N12. The van der Waals surface area contributed by atoms with Crippen molar-refractivity contribution in [1.82, 2.24) is 4.90 Å². The van der Waals surface area contributed by atoms with Crippen molar-refractivity contribution >= 4 is 6.02 Å². The first-order valence-corrected chi connectivity index (χ1v) is 6.25. The zero-order valence-electron chi connectivity index (χ0n) is 10.3. The number of aliphatic hydroxyl groups excluding tert-OH is 4. The van der Waals surface area contributed by atoms with E-state index in [-0.39, 0.29) is 12.6 Å². The molecular weight excluding hydrogens is 240 g/mol. The van der Waals surface area contributed by atoms with Gasteiger partial charge >= 0.3 is 0 Å². The quantitative estimate of drug-likeness (QED) is 0.449. The molecule has 0 aliphatic carbocycles. The monoisotopic (exact) mass is 260 g/mol. The number of unbranched alkanes of at least 4 members (excludes halogenated alkanes) is 1. The third-order valence-corrected chi connectivity index (χ3v) is 3.40. The van der Waals surface area contributed by atoms with Crippen molar-refractivity contribution in [2.24, 2.45) is 4.99 Å². The first-order valence-electron chi connectivity index (χ1n) is 6.25. The Balaban J connectivity index is 2.13. The molecule has 0 aromatic heterocycles. The summed E-state index contributed by atoms with van der Waals surface area (Å²) in [4.78, 5) is 5.54. The topological polar surface area (TPSA) is 106 Å². The maximum absolute atomic E-state index is 9.91. The fourth-order valence-electron chi connectivity index (χ4n) is 2.26. The Morgan fingerprint density at radius 3 is 2.61 bits per heavy atom. The maximum Gasteiger partial charge on any atom is 0.290 e. The summed E-state index contributed by atoms with van der Waals surface area (Å²) in [6.07, 6.45) is -3.39. The molecule has 5 unspecified atom stereocenters. The number of piperidine rings is 1. The van der Waals surface area contributed by atoms with Crippen molar-refractivity contribution in [2.45, 2.75) is 50.3 Å². The van der Waals surface area contributed by atoms with Gasteiger partial charge in [0.2, 0.25) is 0 Å². The van der Waals surface area contributed by atoms with Crippen molar-refractivity contribution in [2.75, 3.05) is 13.2 Å². The average Bonchev–Trinajstić information content (AvgIpc) is 2.78. The Morgan fingerprint density at radius 2 is 1.94 bits per heavy atom. The van der Waals surface area contributed by atoms with Crippen LogP contribution in [0.3, 0.4) is 0 Å². The van der Waals surface area contributed by atoms with Crippen LogP contribution < -0.4 is 0 Å². The van der Waals surface area contributed by atoms with Gasteiger partial charge in [-0.05, 0) is 6.42 Å². The molecule has 0 spiro atoms. The summed E-state index contributed by atoms with van der Waals surface area (Å²) in [5, 5.41) is 39.0. The predicted octanol–water partition coefficient (Wildman–Crippen LogP) is -1.74. The van der Waals surface area contributed by atoms with E-state index in [4.69, 9.17) is 4.74 Å². The molecular formula is C11H20N2O5. The third-order valence-electron chi connectivity index (χ3n) is 3.40. The minimum Gasteiger partial charge on any atom is -0.463 e. The molecule has 0 aromatic carbocycles. The molecule has 0 saturated carbocycles. The van der Waals surface area contributed by atoms with Crippen molar-refractivity contribution in [3.63, 3.8) is 0 Å². The lowest BCUT2D eigenvalue weighted by molar-refractivity contribution is -0.190. The molecule has 0 amide bonds. The minimum absolute atomic E-state index is 0.146. The number of rotatable bonds is 3. The van der Waals surface area contributed by atoms with Gasteiger partial charge in [-0.25, -0.2) is 4.99 Å². The normalized spacial score (nSPS) is 41.9. The highest BCUT2D eigenvalue weighted by Crippen LogP contribution is 2.28. The van der Waals surface area contributed by atoms with Crippen molar-refractivity contribution in [3.05, 3.63) is 0 Å². The minimum atomic E-state index is -1.44. The van der Waals surface area contributed by atoms with Crippen LogP contribution in [0.15, 0.2) is 4.99 Å².